The molecule has 0 radical (unpaired) electrons. The lowest BCUT2D eigenvalue weighted by atomic mass is 10.0. The molecule has 2 aromatic heterocycles. The quantitative estimate of drug-likeness (QED) is 0.441. The Balaban J connectivity index is 1.41. The van der Waals surface area contributed by atoms with Crippen LogP contribution < -0.4 is 10.6 Å². The highest BCUT2D eigenvalue weighted by Gasteiger charge is 2.19. The first-order valence-electron chi connectivity index (χ1n) is 12.8. The van der Waals surface area contributed by atoms with E-state index < -0.39 is 0 Å². The maximum atomic E-state index is 6.37. The number of thiophene rings is 1. The molecule has 2 fully saturated rings. The van der Waals surface area contributed by atoms with Gasteiger partial charge >= 0.3 is 0 Å². The van der Waals surface area contributed by atoms with E-state index in [4.69, 9.17) is 24.9 Å². The van der Waals surface area contributed by atoms with E-state index in [9.17, 15) is 0 Å². The van der Waals surface area contributed by atoms with Gasteiger partial charge in [-0.15, -0.1) is 11.3 Å². The number of methoxy groups -OCH3 is 1. The average Bonchev–Trinajstić information content (AvgIpc) is 3.35. The number of benzene rings is 1. The first kappa shape index (κ1) is 25.8. The molecule has 2 aliphatic rings. The SMILES string of the molecule is COC(C)c1cccc(/C(N)=C/C=Nc2cc(N3CCOCC3)c3sc(CN4CCOCC4)cc3n2)c1. The van der Waals surface area contributed by atoms with Crippen LogP contribution in [0, 0.1) is 0 Å². The fourth-order valence-electron chi connectivity index (χ4n) is 4.60. The van der Waals surface area contributed by atoms with Crippen molar-refractivity contribution in [3.05, 3.63) is 58.5 Å². The minimum Gasteiger partial charge on any atom is -0.398 e. The summed E-state index contributed by atoms with van der Waals surface area (Å²) in [6, 6.07) is 12.4. The number of pyridine rings is 1. The van der Waals surface area contributed by atoms with Crippen LogP contribution in [-0.4, -0.2) is 75.8 Å². The van der Waals surface area contributed by atoms with Gasteiger partial charge in [0, 0.05) is 62.7 Å². The van der Waals surface area contributed by atoms with Crippen LogP contribution in [-0.2, 0) is 20.8 Å². The molecular weight excluding hydrogens is 486 g/mol. The number of rotatable bonds is 8. The number of ether oxygens (including phenoxy) is 3. The van der Waals surface area contributed by atoms with Crippen LogP contribution in [0.4, 0.5) is 11.5 Å². The highest BCUT2D eigenvalue weighted by Crippen LogP contribution is 2.37. The predicted octanol–water partition coefficient (Wildman–Crippen LogP) is 4.37. The van der Waals surface area contributed by atoms with Crippen molar-refractivity contribution < 1.29 is 14.2 Å². The van der Waals surface area contributed by atoms with Gasteiger partial charge in [-0.3, -0.25) is 4.90 Å². The number of morpholine rings is 2. The average molecular weight is 522 g/mol. The minimum absolute atomic E-state index is 0.00898. The minimum atomic E-state index is 0.00898. The summed E-state index contributed by atoms with van der Waals surface area (Å²) in [7, 11) is 1.71. The van der Waals surface area contributed by atoms with Crippen LogP contribution >= 0.6 is 11.3 Å². The van der Waals surface area contributed by atoms with E-state index in [0.717, 1.165) is 75.8 Å². The normalized spacial score (nSPS) is 18.6. The first-order chi connectivity index (χ1) is 18.1. The van der Waals surface area contributed by atoms with Crippen molar-refractivity contribution in [2.24, 2.45) is 10.7 Å². The molecule has 0 aliphatic carbocycles. The lowest BCUT2D eigenvalue weighted by Crippen LogP contribution is -2.36. The maximum absolute atomic E-state index is 6.37. The van der Waals surface area contributed by atoms with E-state index in [1.54, 1.807) is 13.3 Å². The molecule has 8 nitrogen and oxygen atoms in total. The number of allylic oxidation sites excluding steroid dienone is 1. The van der Waals surface area contributed by atoms with E-state index in [2.05, 4.69) is 33.0 Å². The van der Waals surface area contributed by atoms with Gasteiger partial charge in [0.25, 0.3) is 0 Å². The molecule has 196 valence electrons. The van der Waals surface area contributed by atoms with Gasteiger partial charge in [-0.2, -0.15) is 0 Å². The molecule has 1 atom stereocenters. The summed E-state index contributed by atoms with van der Waals surface area (Å²) < 4.78 is 17.8. The zero-order valence-electron chi connectivity index (χ0n) is 21.6. The molecule has 0 bridgehead atoms. The summed E-state index contributed by atoms with van der Waals surface area (Å²) in [5.74, 6) is 0.676. The second-order valence-electron chi connectivity index (χ2n) is 9.32. The fourth-order valence-corrected chi connectivity index (χ4v) is 5.78. The number of anilines is 1. The summed E-state index contributed by atoms with van der Waals surface area (Å²) in [6.07, 6.45) is 3.57. The van der Waals surface area contributed by atoms with Crippen LogP contribution in [0.25, 0.3) is 15.9 Å². The summed E-state index contributed by atoms with van der Waals surface area (Å²) >= 11 is 1.83. The smallest absolute Gasteiger partial charge is 0.154 e. The first-order valence-corrected chi connectivity index (χ1v) is 13.6. The molecule has 9 heteroatoms. The lowest BCUT2D eigenvalue weighted by Gasteiger charge is -2.29. The maximum Gasteiger partial charge on any atom is 0.154 e. The Hall–Kier alpha value is -2.82. The van der Waals surface area contributed by atoms with Gasteiger partial charge in [-0.05, 0) is 36.3 Å². The monoisotopic (exact) mass is 521 g/mol. The standard InChI is InChI=1S/C28H35N5O3S/c1-20(34-2)21-4-3-5-22(16-21)24(29)6-7-30-27-18-26(33-10-14-36-15-11-33)28-25(31-27)17-23(37-28)19-32-8-12-35-13-9-32/h3-7,16-18,20H,8-15,19,29H2,1-2H3/b24-6-,30-7?. The van der Waals surface area contributed by atoms with E-state index >= 15 is 0 Å². The predicted molar refractivity (Wildman–Crippen MR) is 151 cm³/mol. The molecule has 4 heterocycles. The third-order valence-electron chi connectivity index (χ3n) is 6.84. The topological polar surface area (TPSA) is 85.4 Å². The van der Waals surface area contributed by atoms with Gasteiger partial charge in [0.05, 0.1) is 48.4 Å². The second kappa shape index (κ2) is 12.1. The zero-order chi connectivity index (χ0) is 25.6. The van der Waals surface area contributed by atoms with Gasteiger partial charge in [0.2, 0.25) is 0 Å². The van der Waals surface area contributed by atoms with Crippen LogP contribution in [0.3, 0.4) is 0 Å². The van der Waals surface area contributed by atoms with Crippen LogP contribution in [0.2, 0.25) is 0 Å². The van der Waals surface area contributed by atoms with Crippen molar-refractivity contribution in [3.63, 3.8) is 0 Å². The van der Waals surface area contributed by atoms with E-state index in [0.29, 0.717) is 11.5 Å². The molecule has 0 spiro atoms. The molecule has 2 aliphatic heterocycles. The fraction of sp³-hybridized carbons (Fsp3) is 0.429. The zero-order valence-corrected chi connectivity index (χ0v) is 22.4. The molecule has 37 heavy (non-hydrogen) atoms. The van der Waals surface area contributed by atoms with E-state index in [1.165, 1.54) is 15.3 Å². The molecule has 1 unspecified atom stereocenters. The molecule has 5 rings (SSSR count). The third kappa shape index (κ3) is 6.37. The number of nitrogens with two attached hydrogens (primary N) is 1. The molecular formula is C28H35N5O3S. The summed E-state index contributed by atoms with van der Waals surface area (Å²) in [4.78, 5) is 15.7. The Morgan fingerprint density at radius 3 is 2.65 bits per heavy atom. The summed E-state index contributed by atoms with van der Waals surface area (Å²) in [5.41, 5.74) is 11.2. The molecule has 2 N–H and O–H groups in total. The highest BCUT2D eigenvalue weighted by molar-refractivity contribution is 7.19. The van der Waals surface area contributed by atoms with Gasteiger partial charge in [0.15, 0.2) is 5.82 Å². The molecule has 1 aromatic carbocycles. The van der Waals surface area contributed by atoms with Crippen LogP contribution in [0.5, 0.6) is 0 Å². The number of hydrogen-bond acceptors (Lipinski definition) is 9. The number of nitrogens with zero attached hydrogens (tertiary/aromatic N) is 4. The Labute approximate surface area is 222 Å². The van der Waals surface area contributed by atoms with Crippen molar-refractivity contribution in [2.45, 2.75) is 19.6 Å². The Bertz CT molecular complexity index is 1260. The van der Waals surface area contributed by atoms with Crippen molar-refractivity contribution >= 4 is 45.0 Å². The Morgan fingerprint density at radius 1 is 1.14 bits per heavy atom. The highest BCUT2D eigenvalue weighted by atomic mass is 32.1. The van der Waals surface area contributed by atoms with Crippen LogP contribution in [0.1, 0.15) is 29.0 Å². The molecule has 3 aromatic rings. The van der Waals surface area contributed by atoms with Gasteiger partial charge in [-0.1, -0.05) is 18.2 Å². The molecule has 0 amide bonds. The van der Waals surface area contributed by atoms with Crippen LogP contribution in [0.15, 0.2) is 47.5 Å². The number of fused-ring (bicyclic) bond motifs is 1. The van der Waals surface area contributed by atoms with E-state index in [-0.39, 0.29) is 6.10 Å². The van der Waals surface area contributed by atoms with Crippen molar-refractivity contribution in [2.75, 3.05) is 64.6 Å². The lowest BCUT2D eigenvalue weighted by molar-refractivity contribution is 0.0346. The van der Waals surface area contributed by atoms with E-state index in [1.807, 2.05) is 42.5 Å². The summed E-state index contributed by atoms with van der Waals surface area (Å²) in [6.45, 7) is 9.66. The van der Waals surface area contributed by atoms with Crippen molar-refractivity contribution in [1.82, 2.24) is 9.88 Å². The van der Waals surface area contributed by atoms with Gasteiger partial charge in [-0.25, -0.2) is 9.98 Å². The second-order valence-corrected chi connectivity index (χ2v) is 10.5. The number of hydrogen-bond donors (Lipinski definition) is 1. The van der Waals surface area contributed by atoms with Gasteiger partial charge < -0.3 is 24.8 Å². The third-order valence-corrected chi connectivity index (χ3v) is 7.97. The largest absolute Gasteiger partial charge is 0.398 e. The number of aliphatic imine (C=N–C) groups is 1. The Morgan fingerprint density at radius 2 is 1.89 bits per heavy atom. The molecule has 2 saturated heterocycles. The van der Waals surface area contributed by atoms with Gasteiger partial charge in [0.1, 0.15) is 0 Å². The van der Waals surface area contributed by atoms with Crippen molar-refractivity contribution in [3.8, 4) is 0 Å². The Kier molecular flexibility index (Phi) is 8.48. The van der Waals surface area contributed by atoms with Crippen molar-refractivity contribution in [1.29, 1.82) is 0 Å². The molecule has 0 saturated carbocycles. The summed E-state index contributed by atoms with van der Waals surface area (Å²) in [5, 5.41) is 0. The number of aromatic nitrogens is 1.